The highest BCUT2D eigenvalue weighted by Gasteiger charge is 2.18. The second-order valence-electron chi connectivity index (χ2n) is 4.61. The SMILES string of the molecule is CCOc1cccc(C(=O)O)c1CC(=O)Nc1ccc(Cl)cn1. The van der Waals surface area contributed by atoms with Crippen LogP contribution in [-0.4, -0.2) is 28.6 Å². The molecule has 2 aromatic rings. The zero-order valence-electron chi connectivity index (χ0n) is 12.4. The van der Waals surface area contributed by atoms with Crippen molar-refractivity contribution in [1.82, 2.24) is 4.98 Å². The molecule has 2 N–H and O–H groups in total. The molecule has 0 aliphatic heterocycles. The third-order valence-corrected chi connectivity index (χ3v) is 3.22. The molecule has 1 aromatic heterocycles. The Labute approximate surface area is 138 Å². The number of benzene rings is 1. The Morgan fingerprint density at radius 3 is 2.70 bits per heavy atom. The number of aromatic carboxylic acids is 1. The third kappa shape index (κ3) is 4.43. The van der Waals surface area contributed by atoms with Crippen LogP contribution in [0, 0.1) is 0 Å². The summed E-state index contributed by atoms with van der Waals surface area (Å²) < 4.78 is 5.42. The van der Waals surface area contributed by atoms with Gasteiger partial charge in [0, 0.05) is 11.8 Å². The fourth-order valence-corrected chi connectivity index (χ4v) is 2.15. The number of rotatable bonds is 6. The number of halogens is 1. The number of nitrogens with zero attached hydrogens (tertiary/aromatic N) is 1. The van der Waals surface area contributed by atoms with Gasteiger partial charge in [-0.1, -0.05) is 17.7 Å². The Bertz CT molecular complexity index is 717. The van der Waals surface area contributed by atoms with Crippen LogP contribution in [0.1, 0.15) is 22.8 Å². The van der Waals surface area contributed by atoms with Crippen molar-refractivity contribution in [2.24, 2.45) is 0 Å². The summed E-state index contributed by atoms with van der Waals surface area (Å²) in [7, 11) is 0. The number of ether oxygens (including phenoxy) is 1. The molecule has 0 saturated carbocycles. The Kier molecular flexibility index (Phi) is 5.54. The molecule has 0 saturated heterocycles. The summed E-state index contributed by atoms with van der Waals surface area (Å²) in [6.07, 6.45) is 1.27. The van der Waals surface area contributed by atoms with Crippen molar-refractivity contribution in [3.8, 4) is 5.75 Å². The largest absolute Gasteiger partial charge is 0.494 e. The fourth-order valence-electron chi connectivity index (χ4n) is 2.04. The third-order valence-electron chi connectivity index (χ3n) is 3.00. The van der Waals surface area contributed by atoms with Gasteiger partial charge in [-0.25, -0.2) is 9.78 Å². The highest BCUT2D eigenvalue weighted by Crippen LogP contribution is 2.24. The lowest BCUT2D eigenvalue weighted by molar-refractivity contribution is -0.115. The minimum atomic E-state index is -1.11. The van der Waals surface area contributed by atoms with Crippen LogP contribution in [0.15, 0.2) is 36.5 Å². The molecular weight excluding hydrogens is 320 g/mol. The molecular formula is C16H15ClN2O4. The Morgan fingerprint density at radius 1 is 1.30 bits per heavy atom. The summed E-state index contributed by atoms with van der Waals surface area (Å²) in [5.41, 5.74) is 0.364. The molecule has 1 amide bonds. The van der Waals surface area contributed by atoms with Gasteiger partial charge in [-0.05, 0) is 31.2 Å². The van der Waals surface area contributed by atoms with E-state index in [-0.39, 0.29) is 12.0 Å². The van der Waals surface area contributed by atoms with Crippen molar-refractivity contribution in [1.29, 1.82) is 0 Å². The maximum Gasteiger partial charge on any atom is 0.336 e. The number of pyridine rings is 1. The molecule has 23 heavy (non-hydrogen) atoms. The van der Waals surface area contributed by atoms with E-state index in [0.717, 1.165) is 0 Å². The van der Waals surface area contributed by atoms with Crippen molar-refractivity contribution in [3.63, 3.8) is 0 Å². The smallest absolute Gasteiger partial charge is 0.336 e. The normalized spacial score (nSPS) is 10.2. The molecule has 2 rings (SSSR count). The first-order valence-electron chi connectivity index (χ1n) is 6.90. The van der Waals surface area contributed by atoms with Crippen LogP contribution in [0.2, 0.25) is 5.02 Å². The lowest BCUT2D eigenvalue weighted by Gasteiger charge is -2.13. The first kappa shape index (κ1) is 16.8. The number of carbonyl (C=O) groups excluding carboxylic acids is 1. The van der Waals surface area contributed by atoms with Crippen molar-refractivity contribution < 1.29 is 19.4 Å². The van der Waals surface area contributed by atoms with E-state index >= 15 is 0 Å². The average Bonchev–Trinajstić information content (AvgIpc) is 2.51. The summed E-state index contributed by atoms with van der Waals surface area (Å²) in [5.74, 6) is -0.787. The van der Waals surface area contributed by atoms with E-state index in [9.17, 15) is 14.7 Å². The van der Waals surface area contributed by atoms with Gasteiger partial charge < -0.3 is 15.2 Å². The quantitative estimate of drug-likeness (QED) is 0.847. The molecule has 0 unspecified atom stereocenters. The standard InChI is InChI=1S/C16H15ClN2O4/c1-2-23-13-5-3-4-11(16(21)22)12(13)8-15(20)19-14-7-6-10(17)9-18-14/h3-7,9H,2,8H2,1H3,(H,21,22)(H,18,19,20). The summed E-state index contributed by atoms with van der Waals surface area (Å²) in [6.45, 7) is 2.16. The lowest BCUT2D eigenvalue weighted by atomic mass is 10.0. The topological polar surface area (TPSA) is 88.5 Å². The molecule has 0 bridgehead atoms. The number of carboxylic acid groups (broad SMARTS) is 1. The minimum absolute atomic E-state index is 0.0372. The summed E-state index contributed by atoms with van der Waals surface area (Å²) in [5, 5.41) is 12.3. The summed E-state index contributed by atoms with van der Waals surface area (Å²) >= 11 is 5.73. The van der Waals surface area contributed by atoms with E-state index in [1.165, 1.54) is 12.3 Å². The maximum atomic E-state index is 12.2. The van der Waals surface area contributed by atoms with Gasteiger partial charge in [0.2, 0.25) is 5.91 Å². The van der Waals surface area contributed by atoms with Gasteiger partial charge in [-0.3, -0.25) is 4.79 Å². The Hall–Kier alpha value is -2.60. The van der Waals surface area contributed by atoms with E-state index in [0.29, 0.717) is 28.8 Å². The molecule has 120 valence electrons. The van der Waals surface area contributed by atoms with Gasteiger partial charge in [0.15, 0.2) is 0 Å². The Morgan fingerprint density at radius 2 is 2.09 bits per heavy atom. The second-order valence-corrected chi connectivity index (χ2v) is 5.04. The monoisotopic (exact) mass is 334 g/mol. The second kappa shape index (κ2) is 7.60. The van der Waals surface area contributed by atoms with Crippen molar-refractivity contribution >= 4 is 29.3 Å². The van der Waals surface area contributed by atoms with Gasteiger partial charge in [0.05, 0.1) is 23.6 Å². The van der Waals surface area contributed by atoms with Crippen LogP contribution < -0.4 is 10.1 Å². The highest BCUT2D eigenvalue weighted by molar-refractivity contribution is 6.30. The van der Waals surface area contributed by atoms with Gasteiger partial charge in [-0.15, -0.1) is 0 Å². The van der Waals surface area contributed by atoms with Gasteiger partial charge in [0.25, 0.3) is 0 Å². The van der Waals surface area contributed by atoms with Gasteiger partial charge in [0.1, 0.15) is 11.6 Å². The fraction of sp³-hybridized carbons (Fsp3) is 0.188. The minimum Gasteiger partial charge on any atom is -0.494 e. The number of nitrogens with one attached hydrogen (secondary N) is 1. The van der Waals surface area contributed by atoms with Gasteiger partial charge in [-0.2, -0.15) is 0 Å². The molecule has 0 fully saturated rings. The lowest BCUT2D eigenvalue weighted by Crippen LogP contribution is -2.18. The zero-order valence-corrected chi connectivity index (χ0v) is 13.1. The average molecular weight is 335 g/mol. The van der Waals surface area contributed by atoms with Crippen molar-refractivity contribution in [3.05, 3.63) is 52.7 Å². The van der Waals surface area contributed by atoms with Crippen molar-refractivity contribution in [2.75, 3.05) is 11.9 Å². The van der Waals surface area contributed by atoms with Crippen LogP contribution in [0.25, 0.3) is 0 Å². The molecule has 0 atom stereocenters. The summed E-state index contributed by atoms with van der Waals surface area (Å²) in [6, 6.07) is 7.82. The number of anilines is 1. The first-order chi connectivity index (χ1) is 11.0. The van der Waals surface area contributed by atoms with Crippen LogP contribution in [0.5, 0.6) is 5.75 Å². The molecule has 1 aromatic carbocycles. The predicted octanol–water partition coefficient (Wildman–Crippen LogP) is 3.01. The molecule has 6 nitrogen and oxygen atoms in total. The molecule has 0 spiro atoms. The van der Waals surface area contributed by atoms with E-state index in [4.69, 9.17) is 16.3 Å². The van der Waals surface area contributed by atoms with E-state index in [1.807, 2.05) is 0 Å². The maximum absolute atomic E-state index is 12.2. The summed E-state index contributed by atoms with van der Waals surface area (Å²) in [4.78, 5) is 27.5. The van der Waals surface area contributed by atoms with Gasteiger partial charge >= 0.3 is 5.97 Å². The van der Waals surface area contributed by atoms with Crippen LogP contribution in [0.4, 0.5) is 5.82 Å². The highest BCUT2D eigenvalue weighted by atomic mass is 35.5. The Balaban J connectivity index is 2.22. The molecule has 1 heterocycles. The zero-order chi connectivity index (χ0) is 16.8. The number of carboxylic acids is 1. The number of hydrogen-bond donors (Lipinski definition) is 2. The molecule has 0 aliphatic carbocycles. The molecule has 0 radical (unpaired) electrons. The number of amides is 1. The molecule has 7 heteroatoms. The van der Waals surface area contributed by atoms with E-state index in [2.05, 4.69) is 10.3 Å². The first-order valence-corrected chi connectivity index (χ1v) is 7.28. The van der Waals surface area contributed by atoms with Crippen LogP contribution >= 0.6 is 11.6 Å². The van der Waals surface area contributed by atoms with Crippen LogP contribution in [0.3, 0.4) is 0 Å². The number of carbonyl (C=O) groups is 2. The molecule has 0 aliphatic rings. The number of hydrogen-bond acceptors (Lipinski definition) is 4. The van der Waals surface area contributed by atoms with E-state index < -0.39 is 11.9 Å². The van der Waals surface area contributed by atoms with E-state index in [1.54, 1.807) is 31.2 Å². The number of aromatic nitrogens is 1. The van der Waals surface area contributed by atoms with Crippen molar-refractivity contribution in [2.45, 2.75) is 13.3 Å². The van der Waals surface area contributed by atoms with Crippen LogP contribution in [-0.2, 0) is 11.2 Å². The predicted molar refractivity (Wildman–Crippen MR) is 86.2 cm³/mol.